The van der Waals surface area contributed by atoms with E-state index in [0.29, 0.717) is 0 Å². The zero-order valence-corrected chi connectivity index (χ0v) is 4.87. The van der Waals surface area contributed by atoms with Gasteiger partial charge in [0, 0.05) is 18.5 Å². The Morgan fingerprint density at radius 2 is 2.00 bits per heavy atom. The first-order valence-electron chi connectivity index (χ1n) is 2.69. The molecular formula is C7H7NO. The second kappa shape index (κ2) is 2.87. The van der Waals surface area contributed by atoms with Crippen LogP contribution in [0.2, 0.25) is 0 Å². The molecule has 0 atom stereocenters. The van der Waals surface area contributed by atoms with Crippen molar-refractivity contribution in [1.29, 1.82) is 0 Å². The minimum atomic E-state index is 0.00634. The highest BCUT2D eigenvalue weighted by atomic mass is 16.1. The molecule has 2 heteroatoms. The summed E-state index contributed by atoms with van der Waals surface area (Å²) in [7, 11) is 0. The average Bonchev–Trinajstić information content (AvgIpc) is 1.79. The molecule has 9 heavy (non-hydrogen) atoms. The minimum Gasteiger partial charge on any atom is -0.367 e. The fourth-order valence-corrected chi connectivity index (χ4v) is 0.503. The molecule has 0 bridgehead atoms. The van der Waals surface area contributed by atoms with Crippen molar-refractivity contribution in [2.24, 2.45) is 0 Å². The van der Waals surface area contributed by atoms with E-state index in [1.165, 1.54) is 12.2 Å². The molecule has 1 aliphatic heterocycles. The van der Waals surface area contributed by atoms with Gasteiger partial charge in [-0.2, -0.15) is 0 Å². The van der Waals surface area contributed by atoms with E-state index >= 15 is 0 Å². The number of rotatable bonds is 0. The second-order valence-electron chi connectivity index (χ2n) is 1.62. The SMILES string of the molecule is O=C1C=CC=CNC=C1. The summed E-state index contributed by atoms with van der Waals surface area (Å²) in [5.74, 6) is 0.00634. The maximum absolute atomic E-state index is 10.6. The molecule has 46 valence electrons. The van der Waals surface area contributed by atoms with E-state index in [2.05, 4.69) is 5.32 Å². The van der Waals surface area contributed by atoms with Crippen molar-refractivity contribution >= 4 is 5.78 Å². The van der Waals surface area contributed by atoms with Gasteiger partial charge in [0.2, 0.25) is 0 Å². The number of allylic oxidation sites excluding steroid dienone is 4. The first-order valence-corrected chi connectivity index (χ1v) is 2.69. The summed E-state index contributed by atoms with van der Waals surface area (Å²) in [5.41, 5.74) is 0. The zero-order valence-electron chi connectivity index (χ0n) is 4.87. The lowest BCUT2D eigenvalue weighted by atomic mass is 10.3. The predicted molar refractivity (Wildman–Crippen MR) is 35.6 cm³/mol. The molecule has 0 fully saturated rings. The fourth-order valence-electron chi connectivity index (χ4n) is 0.503. The van der Waals surface area contributed by atoms with Crippen LogP contribution in [0.3, 0.4) is 0 Å². The van der Waals surface area contributed by atoms with Crippen LogP contribution in [0.15, 0.2) is 36.7 Å². The van der Waals surface area contributed by atoms with Crippen LogP contribution in [-0.4, -0.2) is 5.78 Å². The third-order valence-corrected chi connectivity index (χ3v) is 0.908. The number of ketones is 1. The maximum atomic E-state index is 10.6. The Bertz CT molecular complexity index is 189. The molecule has 0 aromatic rings. The van der Waals surface area contributed by atoms with Crippen LogP contribution in [0.25, 0.3) is 0 Å². The Kier molecular flexibility index (Phi) is 1.85. The molecule has 0 aliphatic carbocycles. The molecule has 1 rings (SSSR count). The van der Waals surface area contributed by atoms with E-state index < -0.39 is 0 Å². The van der Waals surface area contributed by atoms with Crippen LogP contribution < -0.4 is 5.32 Å². The van der Waals surface area contributed by atoms with Gasteiger partial charge in [-0.15, -0.1) is 0 Å². The van der Waals surface area contributed by atoms with Crippen LogP contribution in [-0.2, 0) is 4.79 Å². The average molecular weight is 121 g/mol. The normalized spacial score (nSPS) is 16.7. The summed E-state index contributed by atoms with van der Waals surface area (Å²) in [6.07, 6.45) is 9.79. The van der Waals surface area contributed by atoms with Gasteiger partial charge in [-0.3, -0.25) is 4.79 Å². The lowest BCUT2D eigenvalue weighted by Gasteiger charge is -1.89. The van der Waals surface area contributed by atoms with E-state index in [1.807, 2.05) is 0 Å². The lowest BCUT2D eigenvalue weighted by Crippen LogP contribution is -1.96. The largest absolute Gasteiger partial charge is 0.367 e. The van der Waals surface area contributed by atoms with Gasteiger partial charge in [0.1, 0.15) is 0 Å². The minimum absolute atomic E-state index is 0.00634. The summed E-state index contributed by atoms with van der Waals surface area (Å²) >= 11 is 0. The van der Waals surface area contributed by atoms with Crippen molar-refractivity contribution in [2.75, 3.05) is 0 Å². The smallest absolute Gasteiger partial charge is 0.180 e. The monoisotopic (exact) mass is 121 g/mol. The molecule has 0 aromatic carbocycles. The van der Waals surface area contributed by atoms with Crippen molar-refractivity contribution < 1.29 is 4.79 Å². The van der Waals surface area contributed by atoms with Crippen molar-refractivity contribution in [3.05, 3.63) is 36.7 Å². The lowest BCUT2D eigenvalue weighted by molar-refractivity contribution is -0.110. The summed E-state index contributed by atoms with van der Waals surface area (Å²) < 4.78 is 0. The van der Waals surface area contributed by atoms with Gasteiger partial charge in [0.15, 0.2) is 5.78 Å². The third kappa shape index (κ3) is 1.95. The van der Waals surface area contributed by atoms with E-state index in [0.717, 1.165) is 0 Å². The standard InChI is InChI=1S/C7H7NO/c9-7-3-1-2-5-8-6-4-7/h1-6,8H. The number of carbonyl (C=O) groups excluding carboxylic acids is 1. The first-order chi connectivity index (χ1) is 4.39. The molecule has 0 amide bonds. The van der Waals surface area contributed by atoms with Gasteiger partial charge in [-0.1, -0.05) is 6.08 Å². The van der Waals surface area contributed by atoms with Gasteiger partial charge in [-0.05, 0) is 12.2 Å². The van der Waals surface area contributed by atoms with Gasteiger partial charge in [-0.25, -0.2) is 0 Å². The summed E-state index contributed by atoms with van der Waals surface area (Å²) in [6, 6.07) is 0. The molecule has 0 spiro atoms. The van der Waals surface area contributed by atoms with Gasteiger partial charge in [0.05, 0.1) is 0 Å². The van der Waals surface area contributed by atoms with Crippen molar-refractivity contribution in [1.82, 2.24) is 5.32 Å². The van der Waals surface area contributed by atoms with Gasteiger partial charge < -0.3 is 5.32 Å². The van der Waals surface area contributed by atoms with Crippen LogP contribution in [0.5, 0.6) is 0 Å². The summed E-state index contributed by atoms with van der Waals surface area (Å²) in [6.45, 7) is 0. The fraction of sp³-hybridized carbons (Fsp3) is 0. The molecule has 0 radical (unpaired) electrons. The summed E-state index contributed by atoms with van der Waals surface area (Å²) in [5, 5.41) is 2.78. The molecule has 1 N–H and O–H groups in total. The highest BCUT2D eigenvalue weighted by Gasteiger charge is 1.85. The highest BCUT2D eigenvalue weighted by Crippen LogP contribution is 1.84. The maximum Gasteiger partial charge on any atom is 0.180 e. The first kappa shape index (κ1) is 5.82. The topological polar surface area (TPSA) is 29.1 Å². The van der Waals surface area contributed by atoms with Crippen LogP contribution >= 0.6 is 0 Å². The molecule has 0 unspecified atom stereocenters. The zero-order chi connectivity index (χ0) is 6.53. The third-order valence-electron chi connectivity index (χ3n) is 0.908. The molecule has 0 aromatic heterocycles. The molecule has 2 nitrogen and oxygen atoms in total. The number of carbonyl (C=O) groups is 1. The van der Waals surface area contributed by atoms with E-state index in [4.69, 9.17) is 0 Å². The van der Waals surface area contributed by atoms with E-state index in [1.54, 1.807) is 24.6 Å². The quantitative estimate of drug-likeness (QED) is 0.512. The molecule has 0 saturated carbocycles. The van der Waals surface area contributed by atoms with Crippen LogP contribution in [0.4, 0.5) is 0 Å². The van der Waals surface area contributed by atoms with Gasteiger partial charge in [0.25, 0.3) is 0 Å². The number of hydrogen-bond acceptors (Lipinski definition) is 2. The molecule has 0 saturated heterocycles. The van der Waals surface area contributed by atoms with E-state index in [9.17, 15) is 4.79 Å². The number of nitrogens with one attached hydrogen (secondary N) is 1. The Balaban J connectivity index is 2.72. The number of hydrogen-bond donors (Lipinski definition) is 1. The van der Waals surface area contributed by atoms with E-state index in [-0.39, 0.29) is 5.78 Å². The molecule has 1 heterocycles. The van der Waals surface area contributed by atoms with Gasteiger partial charge >= 0.3 is 0 Å². The van der Waals surface area contributed by atoms with Crippen LogP contribution in [0.1, 0.15) is 0 Å². The Morgan fingerprint density at radius 3 is 2.89 bits per heavy atom. The molecular weight excluding hydrogens is 114 g/mol. The van der Waals surface area contributed by atoms with Crippen LogP contribution in [0, 0.1) is 0 Å². The van der Waals surface area contributed by atoms with Crippen molar-refractivity contribution in [3.8, 4) is 0 Å². The Morgan fingerprint density at radius 1 is 1.11 bits per heavy atom. The Hall–Kier alpha value is -1.31. The Labute approximate surface area is 53.6 Å². The molecule has 1 aliphatic rings. The summed E-state index contributed by atoms with van der Waals surface area (Å²) in [4.78, 5) is 10.6. The second-order valence-corrected chi connectivity index (χ2v) is 1.62. The van der Waals surface area contributed by atoms with Crippen molar-refractivity contribution in [3.63, 3.8) is 0 Å². The highest BCUT2D eigenvalue weighted by molar-refractivity contribution is 5.99. The van der Waals surface area contributed by atoms with Crippen molar-refractivity contribution in [2.45, 2.75) is 0 Å². The predicted octanol–water partition coefficient (Wildman–Crippen LogP) is 0.742.